The number of benzene rings is 1. The summed E-state index contributed by atoms with van der Waals surface area (Å²) in [4.78, 5) is 23.8. The van der Waals surface area contributed by atoms with Crippen LogP contribution in [0.2, 0.25) is 0 Å². The van der Waals surface area contributed by atoms with Gasteiger partial charge in [-0.3, -0.25) is 9.19 Å². The van der Waals surface area contributed by atoms with Gasteiger partial charge in [0.15, 0.2) is 0 Å². The van der Waals surface area contributed by atoms with E-state index in [0.29, 0.717) is 28.0 Å². The topological polar surface area (TPSA) is 116 Å². The Morgan fingerprint density at radius 1 is 1.31 bits per heavy atom. The van der Waals surface area contributed by atoms with Crippen LogP contribution < -0.4 is 19.6 Å². The number of methoxy groups -OCH3 is 2. The minimum Gasteiger partial charge on any atom is -0.545 e. The zero-order chi connectivity index (χ0) is 18.8. The number of hydrogen-bond donors (Lipinski definition) is 0. The van der Waals surface area contributed by atoms with E-state index in [1.165, 1.54) is 7.11 Å². The normalized spacial score (nSPS) is 12.1. The molecule has 3 aromatic rings. The van der Waals surface area contributed by atoms with Gasteiger partial charge < -0.3 is 29.3 Å². The molecule has 1 unspecified atom stereocenters. The summed E-state index contributed by atoms with van der Waals surface area (Å²) in [6, 6.07) is 5.20. The number of pyridine rings is 1. The molecule has 26 heavy (non-hydrogen) atoms. The largest absolute Gasteiger partial charge is 0.545 e. The van der Waals surface area contributed by atoms with E-state index in [1.807, 2.05) is 0 Å². The molecule has 2 heterocycles. The highest BCUT2D eigenvalue weighted by molar-refractivity contribution is 7.84. The van der Waals surface area contributed by atoms with Crippen LogP contribution in [0.15, 0.2) is 29.6 Å². The Labute approximate surface area is 151 Å². The molecule has 0 fully saturated rings. The minimum atomic E-state index is -1.56. The fourth-order valence-corrected chi connectivity index (χ4v) is 3.59. The summed E-state index contributed by atoms with van der Waals surface area (Å²) >= 11 is 0. The third-order valence-corrected chi connectivity index (χ3v) is 5.00. The number of carboxylic acid groups (broad SMARTS) is 1. The first-order valence-electron chi connectivity index (χ1n) is 7.55. The molecule has 0 amide bonds. The van der Waals surface area contributed by atoms with Crippen LogP contribution in [0.3, 0.4) is 0 Å². The van der Waals surface area contributed by atoms with Gasteiger partial charge in [0.25, 0.3) is 0 Å². The van der Waals surface area contributed by atoms with Gasteiger partial charge in [-0.2, -0.15) is 0 Å². The number of nitrogens with zero attached hydrogens (tertiary/aromatic N) is 3. The molecule has 0 aliphatic heterocycles. The summed E-state index contributed by atoms with van der Waals surface area (Å²) in [5, 5.41) is 11.3. The Morgan fingerprint density at radius 2 is 2.08 bits per heavy atom. The number of ether oxygens (including phenoxy) is 2. The quantitative estimate of drug-likeness (QED) is 0.616. The third kappa shape index (κ3) is 3.25. The molecule has 1 aromatic carbocycles. The number of carbonyl (C=O) groups is 1. The number of hydrogen-bond acceptors (Lipinski definition) is 7. The molecular formula is C17H15N3O5S-2. The zero-order valence-electron chi connectivity index (χ0n) is 14.3. The van der Waals surface area contributed by atoms with E-state index in [1.54, 1.807) is 32.2 Å². The lowest BCUT2D eigenvalue weighted by molar-refractivity contribution is -0.255. The van der Waals surface area contributed by atoms with Crippen LogP contribution in [0.25, 0.3) is 11.0 Å². The second kappa shape index (κ2) is 7.12. The Morgan fingerprint density at radius 3 is 2.73 bits per heavy atom. The first-order chi connectivity index (χ1) is 12.4. The molecule has 8 nitrogen and oxygen atoms in total. The van der Waals surface area contributed by atoms with Gasteiger partial charge in [-0.25, -0.2) is 0 Å². The van der Waals surface area contributed by atoms with Gasteiger partial charge in [0.05, 0.1) is 48.0 Å². The first kappa shape index (κ1) is 17.9. The van der Waals surface area contributed by atoms with Gasteiger partial charge in [-0.05, 0) is 30.1 Å². The van der Waals surface area contributed by atoms with Crippen molar-refractivity contribution >= 4 is 27.8 Å². The predicted octanol–water partition coefficient (Wildman–Crippen LogP) is 0.584. The Bertz CT molecular complexity index is 1020. The second-order valence-corrected chi connectivity index (χ2v) is 6.76. The fourth-order valence-electron chi connectivity index (χ4n) is 2.52. The monoisotopic (exact) mass is 373 g/mol. The van der Waals surface area contributed by atoms with Crippen molar-refractivity contribution in [1.82, 2.24) is 15.0 Å². The SMILES string of the molecule is COc1ccc2[n-]c(S(=O)Cc3ncc(C(=O)[O-])c(OC)c3C)nc2c1. The molecule has 0 saturated heterocycles. The highest BCUT2D eigenvalue weighted by Gasteiger charge is 2.15. The molecule has 0 spiro atoms. The van der Waals surface area contributed by atoms with Crippen molar-refractivity contribution in [3.8, 4) is 11.5 Å². The number of aromatic nitrogens is 3. The summed E-state index contributed by atoms with van der Waals surface area (Å²) in [5.41, 5.74) is 1.98. The van der Waals surface area contributed by atoms with Crippen molar-refractivity contribution in [2.45, 2.75) is 17.8 Å². The molecule has 136 valence electrons. The maximum absolute atomic E-state index is 12.7. The van der Waals surface area contributed by atoms with Crippen LogP contribution in [0.5, 0.6) is 11.5 Å². The fraction of sp³-hybridized carbons (Fsp3) is 0.235. The Kier molecular flexibility index (Phi) is 4.90. The van der Waals surface area contributed by atoms with Crippen molar-refractivity contribution in [2.75, 3.05) is 14.2 Å². The van der Waals surface area contributed by atoms with Crippen LogP contribution in [0, 0.1) is 6.92 Å². The lowest BCUT2D eigenvalue weighted by atomic mass is 10.1. The molecule has 0 saturated carbocycles. The predicted molar refractivity (Wildman–Crippen MR) is 91.6 cm³/mol. The van der Waals surface area contributed by atoms with E-state index in [4.69, 9.17) is 9.47 Å². The molecule has 0 N–H and O–H groups in total. The van der Waals surface area contributed by atoms with Crippen LogP contribution in [-0.4, -0.2) is 34.4 Å². The van der Waals surface area contributed by atoms with Gasteiger partial charge >= 0.3 is 0 Å². The van der Waals surface area contributed by atoms with E-state index in [0.717, 1.165) is 6.20 Å². The minimum absolute atomic E-state index is 0.0307. The number of imidazole rings is 1. The van der Waals surface area contributed by atoms with Gasteiger partial charge in [-0.15, -0.1) is 0 Å². The van der Waals surface area contributed by atoms with E-state index in [9.17, 15) is 14.1 Å². The Hall–Kier alpha value is -2.94. The number of aromatic carboxylic acids is 1. The van der Waals surface area contributed by atoms with Crippen LogP contribution in [0.1, 0.15) is 21.6 Å². The van der Waals surface area contributed by atoms with E-state index >= 15 is 0 Å². The highest BCUT2D eigenvalue weighted by Crippen LogP contribution is 2.26. The first-order valence-corrected chi connectivity index (χ1v) is 8.87. The van der Waals surface area contributed by atoms with Crippen LogP contribution in [-0.2, 0) is 16.6 Å². The van der Waals surface area contributed by atoms with E-state index in [-0.39, 0.29) is 22.2 Å². The molecule has 0 aliphatic rings. The molecular weight excluding hydrogens is 358 g/mol. The summed E-state index contributed by atoms with van der Waals surface area (Å²) in [6.07, 6.45) is 1.14. The van der Waals surface area contributed by atoms with Crippen LogP contribution in [0.4, 0.5) is 0 Å². The molecule has 0 bridgehead atoms. The van der Waals surface area contributed by atoms with Crippen molar-refractivity contribution in [3.63, 3.8) is 0 Å². The molecule has 9 heteroatoms. The van der Waals surface area contributed by atoms with Gasteiger partial charge in [-0.1, -0.05) is 6.07 Å². The summed E-state index contributed by atoms with van der Waals surface area (Å²) in [7, 11) is 1.35. The number of carbonyl (C=O) groups excluding carboxylic acids is 1. The molecule has 3 rings (SSSR count). The highest BCUT2D eigenvalue weighted by atomic mass is 32.2. The average Bonchev–Trinajstić information content (AvgIpc) is 3.06. The van der Waals surface area contributed by atoms with Gasteiger partial charge in [0.1, 0.15) is 11.5 Å². The maximum Gasteiger partial charge on any atom is 0.134 e. The summed E-state index contributed by atoms with van der Waals surface area (Å²) < 4.78 is 22.9. The summed E-state index contributed by atoms with van der Waals surface area (Å²) in [6.45, 7) is 1.65. The third-order valence-electron chi connectivity index (χ3n) is 3.88. The summed E-state index contributed by atoms with van der Waals surface area (Å²) in [5.74, 6) is -0.576. The number of rotatable bonds is 6. The van der Waals surface area contributed by atoms with Crippen molar-refractivity contribution < 1.29 is 23.6 Å². The standard InChI is InChI=1S/C17H17N3O5S/c1-9-14(18-7-11(16(21)22)15(9)25-3)8-26(23)17-19-12-5-4-10(24-2)6-13(12)20-17/h4-7H,8H2,1-3H3,(H2,19,20,21,22)/p-2. The molecule has 0 aliphatic carbocycles. The van der Waals surface area contributed by atoms with Gasteiger partial charge in [0.2, 0.25) is 0 Å². The lowest BCUT2D eigenvalue weighted by Crippen LogP contribution is -2.24. The number of carboxylic acids is 1. The maximum atomic E-state index is 12.7. The zero-order valence-corrected chi connectivity index (χ0v) is 15.1. The van der Waals surface area contributed by atoms with Gasteiger partial charge in [0, 0.05) is 16.9 Å². The van der Waals surface area contributed by atoms with Crippen molar-refractivity contribution in [1.29, 1.82) is 0 Å². The van der Waals surface area contributed by atoms with E-state index < -0.39 is 16.8 Å². The second-order valence-electron chi connectivity index (χ2n) is 5.41. The number of fused-ring (bicyclic) bond motifs is 1. The Balaban J connectivity index is 1.91. The lowest BCUT2D eigenvalue weighted by Gasteiger charge is -2.15. The smallest absolute Gasteiger partial charge is 0.134 e. The van der Waals surface area contributed by atoms with Crippen molar-refractivity contribution in [3.05, 3.63) is 41.2 Å². The average molecular weight is 373 g/mol. The molecule has 1 atom stereocenters. The van der Waals surface area contributed by atoms with E-state index in [2.05, 4.69) is 15.0 Å². The molecule has 0 radical (unpaired) electrons. The van der Waals surface area contributed by atoms with Crippen molar-refractivity contribution in [2.24, 2.45) is 0 Å². The molecule has 2 aromatic heterocycles. The van der Waals surface area contributed by atoms with Crippen LogP contribution >= 0.6 is 0 Å².